The minimum Gasteiger partial charge on any atom is -0.481 e. The van der Waals surface area contributed by atoms with Crippen LogP contribution in [0.2, 0.25) is 0 Å². The van der Waals surface area contributed by atoms with Gasteiger partial charge in [0.05, 0.1) is 0 Å². The summed E-state index contributed by atoms with van der Waals surface area (Å²) in [6.45, 7) is 7.24. The van der Waals surface area contributed by atoms with Gasteiger partial charge in [0.15, 0.2) is 0 Å². The number of rotatable bonds is 7. The van der Waals surface area contributed by atoms with Crippen molar-refractivity contribution in [2.75, 3.05) is 39.3 Å². The first-order chi connectivity index (χ1) is 10.0. The van der Waals surface area contributed by atoms with Crippen molar-refractivity contribution in [3.63, 3.8) is 0 Å². The van der Waals surface area contributed by atoms with E-state index in [-0.39, 0.29) is 18.4 Å². The molecule has 0 bridgehead atoms. The normalized spacial score (nSPS) is 21.1. The summed E-state index contributed by atoms with van der Waals surface area (Å²) >= 11 is 0. The summed E-state index contributed by atoms with van der Waals surface area (Å²) < 4.78 is 0. The second kappa shape index (κ2) is 7.64. The SMILES string of the molecule is CC(CCC(=O)O)CNC(=O)N1CCN(CC2CC2)CC1. The van der Waals surface area contributed by atoms with Crippen molar-refractivity contribution in [3.8, 4) is 0 Å². The van der Waals surface area contributed by atoms with Crippen LogP contribution in [0, 0.1) is 11.8 Å². The number of urea groups is 1. The molecular weight excluding hydrogens is 270 g/mol. The Bertz CT molecular complexity index is 363. The van der Waals surface area contributed by atoms with Gasteiger partial charge < -0.3 is 15.3 Å². The largest absolute Gasteiger partial charge is 0.481 e. The highest BCUT2D eigenvalue weighted by Gasteiger charge is 2.27. The fourth-order valence-electron chi connectivity index (χ4n) is 2.64. The van der Waals surface area contributed by atoms with Gasteiger partial charge in [-0.25, -0.2) is 4.79 Å². The zero-order valence-corrected chi connectivity index (χ0v) is 12.9. The molecule has 0 radical (unpaired) electrons. The Morgan fingerprint density at radius 3 is 2.48 bits per heavy atom. The van der Waals surface area contributed by atoms with Crippen LogP contribution >= 0.6 is 0 Å². The second-order valence-electron chi connectivity index (χ2n) is 6.45. The van der Waals surface area contributed by atoms with Gasteiger partial charge in [0.25, 0.3) is 0 Å². The highest BCUT2D eigenvalue weighted by Crippen LogP contribution is 2.29. The highest BCUT2D eigenvalue weighted by atomic mass is 16.4. The number of nitrogens with one attached hydrogen (secondary N) is 1. The van der Waals surface area contributed by atoms with E-state index in [1.165, 1.54) is 19.4 Å². The highest BCUT2D eigenvalue weighted by molar-refractivity contribution is 5.74. The summed E-state index contributed by atoms with van der Waals surface area (Å²) in [7, 11) is 0. The standard InChI is InChI=1S/C15H27N3O3/c1-12(2-5-14(19)20)10-16-15(21)18-8-6-17(7-9-18)11-13-3-4-13/h12-13H,2-11H2,1H3,(H,16,21)(H,19,20). The maximum atomic E-state index is 12.1. The van der Waals surface area contributed by atoms with E-state index in [0.717, 1.165) is 32.1 Å². The molecule has 2 N–H and O–H groups in total. The van der Waals surface area contributed by atoms with Crippen LogP contribution in [-0.4, -0.2) is 66.2 Å². The van der Waals surface area contributed by atoms with Gasteiger partial charge in [-0.3, -0.25) is 9.69 Å². The van der Waals surface area contributed by atoms with Crippen LogP contribution < -0.4 is 5.32 Å². The van der Waals surface area contributed by atoms with Gasteiger partial charge in [0.1, 0.15) is 0 Å². The first kappa shape index (κ1) is 16.1. The van der Waals surface area contributed by atoms with Gasteiger partial charge >= 0.3 is 12.0 Å². The molecule has 0 aromatic carbocycles. The molecule has 0 aromatic rings. The summed E-state index contributed by atoms with van der Waals surface area (Å²) in [6, 6.07) is -0.0109. The first-order valence-corrected chi connectivity index (χ1v) is 8.01. The number of aliphatic carboxylic acids is 1. The van der Waals surface area contributed by atoms with Gasteiger partial charge in [0.2, 0.25) is 0 Å². The zero-order valence-electron chi connectivity index (χ0n) is 12.9. The Kier molecular flexibility index (Phi) is 5.85. The fourth-order valence-corrected chi connectivity index (χ4v) is 2.64. The van der Waals surface area contributed by atoms with E-state index >= 15 is 0 Å². The number of carbonyl (C=O) groups is 2. The summed E-state index contributed by atoms with van der Waals surface area (Å²) in [5.74, 6) is 0.321. The number of amides is 2. The van der Waals surface area contributed by atoms with Crippen molar-refractivity contribution >= 4 is 12.0 Å². The number of carbonyl (C=O) groups excluding carboxylic acids is 1. The van der Waals surface area contributed by atoms with Gasteiger partial charge in [-0.15, -0.1) is 0 Å². The van der Waals surface area contributed by atoms with Crippen molar-refractivity contribution in [1.29, 1.82) is 0 Å². The monoisotopic (exact) mass is 297 g/mol. The fraction of sp³-hybridized carbons (Fsp3) is 0.867. The van der Waals surface area contributed by atoms with Crippen LogP contribution in [0.3, 0.4) is 0 Å². The van der Waals surface area contributed by atoms with Crippen LogP contribution in [-0.2, 0) is 4.79 Å². The molecule has 120 valence electrons. The smallest absolute Gasteiger partial charge is 0.317 e. The summed E-state index contributed by atoms with van der Waals surface area (Å²) in [6.07, 6.45) is 3.51. The number of piperazine rings is 1. The molecule has 2 fully saturated rings. The van der Waals surface area contributed by atoms with Crippen LogP contribution in [0.4, 0.5) is 4.79 Å². The third-order valence-corrected chi connectivity index (χ3v) is 4.33. The molecule has 0 aromatic heterocycles. The lowest BCUT2D eigenvalue weighted by atomic mass is 10.1. The summed E-state index contributed by atoms with van der Waals surface area (Å²) in [4.78, 5) is 26.9. The van der Waals surface area contributed by atoms with Gasteiger partial charge in [-0.1, -0.05) is 6.92 Å². The number of carboxylic acid groups (broad SMARTS) is 1. The van der Waals surface area contributed by atoms with E-state index < -0.39 is 5.97 Å². The van der Waals surface area contributed by atoms with Gasteiger partial charge in [-0.2, -0.15) is 0 Å². The van der Waals surface area contributed by atoms with E-state index in [2.05, 4.69) is 10.2 Å². The number of carboxylic acids is 1. The van der Waals surface area contributed by atoms with Crippen molar-refractivity contribution < 1.29 is 14.7 Å². The molecule has 6 heteroatoms. The Labute approximate surface area is 126 Å². The van der Waals surface area contributed by atoms with E-state index in [4.69, 9.17) is 5.11 Å². The topological polar surface area (TPSA) is 72.9 Å². The lowest BCUT2D eigenvalue weighted by molar-refractivity contribution is -0.137. The third-order valence-electron chi connectivity index (χ3n) is 4.33. The molecule has 1 saturated carbocycles. The van der Waals surface area contributed by atoms with E-state index in [0.29, 0.717) is 13.0 Å². The van der Waals surface area contributed by atoms with Crippen molar-refractivity contribution in [2.24, 2.45) is 11.8 Å². The number of nitrogens with zero attached hydrogens (tertiary/aromatic N) is 2. The average molecular weight is 297 g/mol. The Balaban J connectivity index is 1.59. The van der Waals surface area contributed by atoms with Crippen LogP contribution in [0.5, 0.6) is 0 Å². The van der Waals surface area contributed by atoms with Crippen LogP contribution in [0.15, 0.2) is 0 Å². The van der Waals surface area contributed by atoms with Gasteiger partial charge in [-0.05, 0) is 31.1 Å². The predicted octanol–water partition coefficient (Wildman–Crippen LogP) is 1.22. The van der Waals surface area contributed by atoms with Crippen LogP contribution in [0.25, 0.3) is 0 Å². The molecule has 2 amide bonds. The summed E-state index contributed by atoms with van der Waals surface area (Å²) in [5, 5.41) is 11.6. The lowest BCUT2D eigenvalue weighted by Crippen LogP contribution is -2.52. The Hall–Kier alpha value is -1.30. The molecule has 6 nitrogen and oxygen atoms in total. The molecule has 1 saturated heterocycles. The second-order valence-corrected chi connectivity index (χ2v) is 6.45. The Morgan fingerprint density at radius 2 is 1.90 bits per heavy atom. The van der Waals surface area contributed by atoms with E-state index in [9.17, 15) is 9.59 Å². The molecule has 1 heterocycles. The number of hydrogen-bond acceptors (Lipinski definition) is 3. The maximum Gasteiger partial charge on any atom is 0.317 e. The van der Waals surface area contributed by atoms with Gasteiger partial charge in [0, 0.05) is 45.7 Å². The third kappa shape index (κ3) is 5.91. The minimum absolute atomic E-state index is 0.0109. The maximum absolute atomic E-state index is 12.1. The minimum atomic E-state index is -0.778. The van der Waals surface area contributed by atoms with E-state index in [1.807, 2.05) is 11.8 Å². The molecule has 1 aliphatic carbocycles. The summed E-state index contributed by atoms with van der Waals surface area (Å²) in [5.41, 5.74) is 0. The zero-order chi connectivity index (χ0) is 15.2. The first-order valence-electron chi connectivity index (χ1n) is 8.01. The van der Waals surface area contributed by atoms with Crippen molar-refractivity contribution in [3.05, 3.63) is 0 Å². The lowest BCUT2D eigenvalue weighted by Gasteiger charge is -2.34. The molecule has 1 atom stereocenters. The molecule has 2 rings (SSSR count). The van der Waals surface area contributed by atoms with Crippen molar-refractivity contribution in [1.82, 2.24) is 15.1 Å². The molecule has 2 aliphatic rings. The predicted molar refractivity (Wildman–Crippen MR) is 80.2 cm³/mol. The molecule has 21 heavy (non-hydrogen) atoms. The molecule has 1 aliphatic heterocycles. The Morgan fingerprint density at radius 1 is 1.24 bits per heavy atom. The quantitative estimate of drug-likeness (QED) is 0.741. The van der Waals surface area contributed by atoms with Crippen LogP contribution in [0.1, 0.15) is 32.6 Å². The number of hydrogen-bond donors (Lipinski definition) is 2. The van der Waals surface area contributed by atoms with Crippen molar-refractivity contribution in [2.45, 2.75) is 32.6 Å². The molecular formula is C15H27N3O3. The molecule has 1 unspecified atom stereocenters. The molecule has 0 spiro atoms. The van der Waals surface area contributed by atoms with E-state index in [1.54, 1.807) is 0 Å². The average Bonchev–Trinajstić information content (AvgIpc) is 3.27.